The van der Waals surface area contributed by atoms with Crippen LogP contribution in [-0.4, -0.2) is 47.6 Å². The van der Waals surface area contributed by atoms with Gasteiger partial charge in [-0.3, -0.25) is 9.69 Å². The average molecular weight is 496 g/mol. The van der Waals surface area contributed by atoms with Gasteiger partial charge in [-0.2, -0.15) is 0 Å². The lowest BCUT2D eigenvalue weighted by atomic mass is 9.89. The monoisotopic (exact) mass is 495 g/mol. The topological polar surface area (TPSA) is 91.9 Å². The molecule has 37 heavy (non-hydrogen) atoms. The highest BCUT2D eigenvalue weighted by Gasteiger charge is 2.53. The number of imide groups is 1. The predicted molar refractivity (Wildman–Crippen MR) is 138 cm³/mol. The molecule has 2 aliphatic heterocycles. The fraction of sp³-hybridized carbons (Fsp3) is 0.207. The smallest absolute Gasteiger partial charge is 0.338 e. The van der Waals surface area contributed by atoms with E-state index in [-0.39, 0.29) is 12.5 Å². The molecule has 0 saturated carbocycles. The summed E-state index contributed by atoms with van der Waals surface area (Å²) >= 11 is 0. The Balaban J connectivity index is 1.45. The number of fused-ring (bicyclic) bond motifs is 4. The predicted octanol–water partition coefficient (Wildman–Crippen LogP) is 4.84. The molecule has 186 valence electrons. The fourth-order valence-corrected chi connectivity index (χ4v) is 5.43. The molecule has 3 amide bonds. The van der Waals surface area contributed by atoms with Crippen LogP contribution >= 0.6 is 0 Å². The van der Waals surface area contributed by atoms with Crippen molar-refractivity contribution in [3.8, 4) is 5.75 Å². The van der Waals surface area contributed by atoms with Crippen molar-refractivity contribution in [2.75, 3.05) is 18.6 Å². The van der Waals surface area contributed by atoms with E-state index >= 15 is 0 Å². The summed E-state index contributed by atoms with van der Waals surface area (Å²) in [4.78, 5) is 46.2. The zero-order chi connectivity index (χ0) is 25.7. The van der Waals surface area contributed by atoms with Crippen molar-refractivity contribution in [3.63, 3.8) is 0 Å². The lowest BCUT2D eigenvalue weighted by molar-refractivity contribution is -0.120. The number of H-pyrrole nitrogens is 1. The van der Waals surface area contributed by atoms with Crippen molar-refractivity contribution in [2.24, 2.45) is 0 Å². The summed E-state index contributed by atoms with van der Waals surface area (Å²) in [6, 6.07) is 20.3. The van der Waals surface area contributed by atoms with Gasteiger partial charge in [-0.05, 0) is 60.5 Å². The number of hydrogen-bond donors (Lipinski definition) is 1. The van der Waals surface area contributed by atoms with Gasteiger partial charge in [0, 0.05) is 23.0 Å². The maximum absolute atomic E-state index is 13.9. The number of para-hydroxylation sites is 1. The van der Waals surface area contributed by atoms with Crippen molar-refractivity contribution >= 4 is 34.5 Å². The minimum atomic E-state index is -0.667. The maximum atomic E-state index is 13.9. The van der Waals surface area contributed by atoms with E-state index in [0.717, 1.165) is 27.7 Å². The molecule has 0 radical (unpaired) electrons. The number of amides is 3. The van der Waals surface area contributed by atoms with Gasteiger partial charge in [0.25, 0.3) is 5.91 Å². The van der Waals surface area contributed by atoms with E-state index in [2.05, 4.69) is 4.98 Å². The molecule has 2 aliphatic rings. The minimum Gasteiger partial charge on any atom is -0.497 e. The molecular weight excluding hydrogens is 470 g/mol. The molecule has 6 rings (SSSR count). The van der Waals surface area contributed by atoms with Crippen molar-refractivity contribution < 1.29 is 23.9 Å². The number of nitrogens with zero attached hydrogens (tertiary/aromatic N) is 2. The lowest BCUT2D eigenvalue weighted by Crippen LogP contribution is -2.44. The third-order valence-electron chi connectivity index (χ3n) is 7.10. The summed E-state index contributed by atoms with van der Waals surface area (Å²) in [5.41, 5.74) is 4.51. The number of aromatic amines is 1. The third-order valence-corrected chi connectivity index (χ3v) is 7.10. The van der Waals surface area contributed by atoms with Crippen LogP contribution in [0.15, 0.2) is 72.8 Å². The molecule has 1 saturated heterocycles. The van der Waals surface area contributed by atoms with E-state index in [9.17, 15) is 14.4 Å². The molecule has 0 spiro atoms. The average Bonchev–Trinajstić information content (AvgIpc) is 3.42. The van der Waals surface area contributed by atoms with Gasteiger partial charge in [0.05, 0.1) is 25.0 Å². The molecular formula is C29H25N3O5. The standard InChI is InChI=1S/C29H25N3O5/c1-3-37-28(34)17-11-13-19(14-12-17)31-27(33)24-16-22-21-9-4-5-10-23(21)30-25(22)26(32(24)29(31)35)18-7-6-8-20(15-18)36-2/h4-15,24,26,30H,3,16H2,1-2H3/t24-,26+/m0/s1. The molecule has 8 nitrogen and oxygen atoms in total. The van der Waals surface area contributed by atoms with Crippen LogP contribution in [0.2, 0.25) is 0 Å². The Labute approximate surface area is 213 Å². The van der Waals surface area contributed by atoms with Crippen LogP contribution in [-0.2, 0) is 16.0 Å². The second-order valence-corrected chi connectivity index (χ2v) is 9.09. The number of urea groups is 1. The molecule has 4 aromatic rings. The number of benzene rings is 3. The second kappa shape index (κ2) is 8.81. The van der Waals surface area contributed by atoms with Crippen LogP contribution in [0.4, 0.5) is 10.5 Å². The number of anilines is 1. The first kappa shape index (κ1) is 22.8. The minimum absolute atomic E-state index is 0.265. The van der Waals surface area contributed by atoms with Crippen LogP contribution < -0.4 is 9.64 Å². The Bertz CT molecular complexity index is 1540. The highest BCUT2D eigenvalue weighted by atomic mass is 16.5. The van der Waals surface area contributed by atoms with Crippen LogP contribution in [0.3, 0.4) is 0 Å². The SMILES string of the molecule is CCOC(=O)c1ccc(N2C(=O)[C@@H]3Cc4c([nH]c5ccccc45)[C@@H](c4cccc(OC)c4)N3C2=O)cc1. The zero-order valence-corrected chi connectivity index (χ0v) is 20.4. The van der Waals surface area contributed by atoms with E-state index in [4.69, 9.17) is 9.47 Å². The largest absolute Gasteiger partial charge is 0.497 e. The fourth-order valence-electron chi connectivity index (χ4n) is 5.43. The number of carbonyl (C=O) groups is 3. The molecule has 3 aromatic carbocycles. The van der Waals surface area contributed by atoms with Crippen molar-refractivity contribution in [2.45, 2.75) is 25.4 Å². The van der Waals surface area contributed by atoms with Crippen LogP contribution in [0.1, 0.15) is 40.1 Å². The zero-order valence-electron chi connectivity index (χ0n) is 20.4. The summed E-state index contributed by atoms with van der Waals surface area (Å²) in [5.74, 6) is -0.0756. The maximum Gasteiger partial charge on any atom is 0.338 e. The van der Waals surface area contributed by atoms with Crippen LogP contribution in [0, 0.1) is 0 Å². The first-order valence-electron chi connectivity index (χ1n) is 12.2. The molecule has 0 bridgehead atoms. The number of aromatic nitrogens is 1. The van der Waals surface area contributed by atoms with E-state index < -0.39 is 24.1 Å². The van der Waals surface area contributed by atoms with Crippen LogP contribution in [0.5, 0.6) is 5.75 Å². The highest BCUT2D eigenvalue weighted by molar-refractivity contribution is 6.22. The van der Waals surface area contributed by atoms with Gasteiger partial charge in [-0.25, -0.2) is 14.5 Å². The number of methoxy groups -OCH3 is 1. The number of nitrogens with one attached hydrogen (secondary N) is 1. The van der Waals surface area contributed by atoms with Gasteiger partial charge in [0.1, 0.15) is 17.8 Å². The molecule has 0 unspecified atom stereocenters. The first-order valence-corrected chi connectivity index (χ1v) is 12.2. The van der Waals surface area contributed by atoms with Crippen molar-refractivity contribution in [3.05, 3.63) is 95.2 Å². The van der Waals surface area contributed by atoms with Crippen LogP contribution in [0.25, 0.3) is 10.9 Å². The molecule has 8 heteroatoms. The molecule has 3 heterocycles. The van der Waals surface area contributed by atoms with Crippen molar-refractivity contribution in [1.29, 1.82) is 0 Å². The number of esters is 1. The van der Waals surface area contributed by atoms with Gasteiger partial charge in [-0.1, -0.05) is 30.3 Å². The quantitative estimate of drug-likeness (QED) is 0.316. The van der Waals surface area contributed by atoms with E-state index in [1.165, 1.54) is 4.90 Å². The van der Waals surface area contributed by atoms with Gasteiger partial charge in [0.2, 0.25) is 0 Å². The summed E-state index contributed by atoms with van der Waals surface area (Å²) in [5, 5.41) is 1.04. The van der Waals surface area contributed by atoms with Gasteiger partial charge >= 0.3 is 12.0 Å². The third kappa shape index (κ3) is 3.56. The number of hydrogen-bond acceptors (Lipinski definition) is 5. The van der Waals surface area contributed by atoms with Gasteiger partial charge in [-0.15, -0.1) is 0 Å². The molecule has 1 aromatic heterocycles. The Hall–Kier alpha value is -4.59. The van der Waals surface area contributed by atoms with Gasteiger partial charge < -0.3 is 14.5 Å². The van der Waals surface area contributed by atoms with E-state index in [0.29, 0.717) is 23.4 Å². The molecule has 1 N–H and O–H groups in total. The summed E-state index contributed by atoms with van der Waals surface area (Å²) < 4.78 is 10.5. The summed E-state index contributed by atoms with van der Waals surface area (Å²) in [6.07, 6.45) is 0.405. The number of rotatable bonds is 5. The van der Waals surface area contributed by atoms with E-state index in [1.54, 1.807) is 43.2 Å². The first-order chi connectivity index (χ1) is 18.0. The van der Waals surface area contributed by atoms with Crippen molar-refractivity contribution in [1.82, 2.24) is 9.88 Å². The molecule has 1 fully saturated rings. The molecule has 2 atom stereocenters. The normalized spacial score (nSPS) is 18.6. The molecule has 0 aliphatic carbocycles. The lowest BCUT2D eigenvalue weighted by Gasteiger charge is -2.36. The second-order valence-electron chi connectivity index (χ2n) is 9.09. The Morgan fingerprint density at radius 2 is 1.81 bits per heavy atom. The Morgan fingerprint density at radius 1 is 1.03 bits per heavy atom. The summed E-state index contributed by atoms with van der Waals surface area (Å²) in [7, 11) is 1.60. The highest BCUT2D eigenvalue weighted by Crippen LogP contribution is 2.45. The summed E-state index contributed by atoms with van der Waals surface area (Å²) in [6.45, 7) is 2.00. The Morgan fingerprint density at radius 3 is 2.57 bits per heavy atom. The number of ether oxygens (including phenoxy) is 2. The number of carbonyl (C=O) groups excluding carboxylic acids is 3. The Kier molecular flexibility index (Phi) is 5.44. The van der Waals surface area contributed by atoms with Gasteiger partial charge in [0.15, 0.2) is 0 Å². The van der Waals surface area contributed by atoms with E-state index in [1.807, 2.05) is 48.5 Å².